The fourth-order valence-electron chi connectivity index (χ4n) is 1.78. The number of carbonyl (C=O) groups excluding carboxylic acids is 1. The number of esters is 1. The van der Waals surface area contributed by atoms with E-state index in [-0.39, 0.29) is 16.8 Å². The number of halogens is 3. The van der Waals surface area contributed by atoms with Crippen LogP contribution in [0, 0.1) is 20.2 Å². The number of hydrogen-bond donors (Lipinski definition) is 1. The zero-order valence-electron chi connectivity index (χ0n) is 15.5. The maximum absolute atomic E-state index is 11.1. The Bertz CT molecular complexity index is 945. The summed E-state index contributed by atoms with van der Waals surface area (Å²) in [5.74, 6) is -2.02. The van der Waals surface area contributed by atoms with Crippen LogP contribution in [-0.2, 0) is 4.74 Å². The van der Waals surface area contributed by atoms with E-state index >= 15 is 0 Å². The van der Waals surface area contributed by atoms with Crippen molar-refractivity contribution in [3.63, 3.8) is 0 Å². The Kier molecular flexibility index (Phi) is 10.4. The SMILES string of the molecule is COC(=O)c1ccc(Br)cc1[N+](=O)[O-].O=C(O)c1ccc(Br)cc1[N+](=O)[O-].[2H]CF. The molecule has 0 heterocycles. The molecule has 0 aliphatic heterocycles. The fourth-order valence-corrected chi connectivity index (χ4v) is 2.47. The monoisotopic (exact) mass is 539 g/mol. The van der Waals surface area contributed by atoms with Crippen molar-refractivity contribution < 1.29 is 35.0 Å². The van der Waals surface area contributed by atoms with Gasteiger partial charge < -0.3 is 9.84 Å². The van der Waals surface area contributed by atoms with Gasteiger partial charge in [0, 0.05) is 21.1 Å². The predicted molar refractivity (Wildman–Crippen MR) is 107 cm³/mol. The number of nitro groups is 2. The highest BCUT2D eigenvalue weighted by Gasteiger charge is 2.21. The molecule has 0 aromatic heterocycles. The normalized spacial score (nSPS) is 9.59. The fraction of sp³-hybridized carbons (Fsp3) is 0.125. The summed E-state index contributed by atoms with van der Waals surface area (Å²) in [7, 11) is 0.175. The Morgan fingerprint density at radius 2 is 1.41 bits per heavy atom. The summed E-state index contributed by atoms with van der Waals surface area (Å²) < 4.78 is 20.9. The highest BCUT2D eigenvalue weighted by atomic mass is 79.9. The predicted octanol–water partition coefficient (Wildman–Crippen LogP) is 4.79. The first-order chi connectivity index (χ1) is 14.0. The number of aromatic carboxylic acids is 1. The van der Waals surface area contributed by atoms with Gasteiger partial charge >= 0.3 is 11.9 Å². The lowest BCUT2D eigenvalue weighted by molar-refractivity contribution is -0.385. The molecule has 0 aliphatic rings. The van der Waals surface area contributed by atoms with Crippen molar-refractivity contribution in [3.8, 4) is 0 Å². The second kappa shape index (κ2) is 12.5. The molecule has 0 bridgehead atoms. The zero-order chi connectivity index (χ0) is 23.4. The molecule has 0 aliphatic carbocycles. The second-order valence-electron chi connectivity index (χ2n) is 4.63. The van der Waals surface area contributed by atoms with Gasteiger partial charge in [-0.2, -0.15) is 0 Å². The summed E-state index contributed by atoms with van der Waals surface area (Å²) in [5.41, 5.74) is -1.05. The van der Waals surface area contributed by atoms with E-state index < -0.39 is 34.6 Å². The molecule has 0 atom stereocenters. The second-order valence-corrected chi connectivity index (χ2v) is 6.47. The van der Waals surface area contributed by atoms with Gasteiger partial charge in [0.25, 0.3) is 11.4 Å². The third-order valence-corrected chi connectivity index (χ3v) is 3.94. The van der Waals surface area contributed by atoms with Crippen LogP contribution in [0.15, 0.2) is 45.3 Å². The Morgan fingerprint density at radius 3 is 1.76 bits per heavy atom. The minimum absolute atomic E-state index is 0.0549. The Morgan fingerprint density at radius 1 is 1.03 bits per heavy atom. The number of alkyl halides is 1. The molecule has 10 nitrogen and oxygen atoms in total. The van der Waals surface area contributed by atoms with Gasteiger partial charge in [0.2, 0.25) is 0 Å². The molecule has 29 heavy (non-hydrogen) atoms. The van der Waals surface area contributed by atoms with Gasteiger partial charge in [-0.15, -0.1) is 0 Å². The number of nitro benzene ring substituents is 2. The van der Waals surface area contributed by atoms with E-state index in [2.05, 4.69) is 36.6 Å². The molecule has 156 valence electrons. The molecule has 0 unspecified atom stereocenters. The van der Waals surface area contributed by atoms with Gasteiger partial charge in [-0.05, 0) is 24.3 Å². The first kappa shape index (κ1) is 24.1. The molecular formula is C16H13Br2FN2O8. The summed E-state index contributed by atoms with van der Waals surface area (Å²) in [6.45, 7) is 0. The van der Waals surface area contributed by atoms with Crippen molar-refractivity contribution in [1.82, 2.24) is 0 Å². The Labute approximate surface area is 181 Å². The number of nitrogens with zero attached hydrogens (tertiary/aromatic N) is 2. The maximum atomic E-state index is 11.1. The quantitative estimate of drug-likeness (QED) is 0.330. The highest BCUT2D eigenvalue weighted by molar-refractivity contribution is 9.10. The van der Waals surface area contributed by atoms with Crippen LogP contribution in [0.1, 0.15) is 22.1 Å². The average Bonchev–Trinajstić information content (AvgIpc) is 2.68. The molecule has 13 heteroatoms. The number of carboxylic acids is 1. The zero-order valence-corrected chi connectivity index (χ0v) is 17.7. The number of rotatable bonds is 4. The van der Waals surface area contributed by atoms with Crippen LogP contribution in [0.5, 0.6) is 0 Å². The smallest absolute Gasteiger partial charge is 0.344 e. The highest BCUT2D eigenvalue weighted by Crippen LogP contribution is 2.24. The molecule has 2 rings (SSSR count). The molecule has 0 saturated carbocycles. The molecule has 1 N–H and O–H groups in total. The maximum Gasteiger partial charge on any atom is 0.344 e. The van der Waals surface area contributed by atoms with Gasteiger partial charge in [-0.1, -0.05) is 31.9 Å². The third kappa shape index (κ3) is 7.91. The topological polar surface area (TPSA) is 150 Å². The van der Waals surface area contributed by atoms with E-state index in [0.29, 0.717) is 8.95 Å². The molecule has 0 spiro atoms. The van der Waals surface area contributed by atoms with Crippen LogP contribution in [0.4, 0.5) is 15.8 Å². The van der Waals surface area contributed by atoms with E-state index in [9.17, 15) is 34.2 Å². The Balaban J connectivity index is 0.000000497. The van der Waals surface area contributed by atoms with Crippen molar-refractivity contribution in [1.29, 1.82) is 0 Å². The average molecular weight is 541 g/mol. The van der Waals surface area contributed by atoms with E-state index in [0.717, 1.165) is 6.07 Å². The number of carbonyl (C=O) groups is 2. The molecule has 2 aromatic rings. The van der Waals surface area contributed by atoms with Crippen LogP contribution in [-0.4, -0.2) is 41.2 Å². The van der Waals surface area contributed by atoms with E-state index in [1.54, 1.807) is 6.07 Å². The van der Waals surface area contributed by atoms with Gasteiger partial charge in [0.15, 0.2) is 0 Å². The molecule has 0 fully saturated rings. The summed E-state index contributed by atoms with van der Waals surface area (Å²) in [5, 5.41) is 29.6. The minimum Gasteiger partial charge on any atom is -0.477 e. The lowest BCUT2D eigenvalue weighted by atomic mass is 10.2. The van der Waals surface area contributed by atoms with Gasteiger partial charge in [0.05, 0.1) is 25.5 Å². The van der Waals surface area contributed by atoms with Crippen LogP contribution < -0.4 is 0 Å². The molecule has 0 radical (unpaired) electrons. The number of carboxylic acid groups (broad SMARTS) is 1. The molecule has 0 amide bonds. The van der Waals surface area contributed by atoms with Crippen LogP contribution >= 0.6 is 31.9 Å². The van der Waals surface area contributed by atoms with Crippen molar-refractivity contribution in [3.05, 3.63) is 76.7 Å². The van der Waals surface area contributed by atoms with Crippen molar-refractivity contribution in [2.45, 2.75) is 0 Å². The lowest BCUT2D eigenvalue weighted by Crippen LogP contribution is -2.05. The summed E-state index contributed by atoms with van der Waals surface area (Å²) in [4.78, 5) is 41.2. The van der Waals surface area contributed by atoms with Gasteiger partial charge in [0.1, 0.15) is 11.1 Å². The Hall–Kier alpha value is -2.93. The largest absolute Gasteiger partial charge is 0.477 e. The van der Waals surface area contributed by atoms with Gasteiger partial charge in [-0.25, -0.2) is 9.59 Å². The minimum atomic E-state index is -1.31. The summed E-state index contributed by atoms with van der Waals surface area (Å²) in [6, 6.07) is 7.92. The summed E-state index contributed by atoms with van der Waals surface area (Å²) >= 11 is 6.10. The van der Waals surface area contributed by atoms with Crippen LogP contribution in [0.3, 0.4) is 0 Å². The number of ether oxygens (including phenoxy) is 1. The molecule has 2 aromatic carbocycles. The van der Waals surface area contributed by atoms with E-state index in [4.69, 9.17) is 6.48 Å². The van der Waals surface area contributed by atoms with E-state index in [1.807, 2.05) is 0 Å². The number of benzene rings is 2. The van der Waals surface area contributed by atoms with Crippen molar-refractivity contribution in [2.75, 3.05) is 14.3 Å². The van der Waals surface area contributed by atoms with Crippen LogP contribution in [0.2, 0.25) is 0 Å². The van der Waals surface area contributed by atoms with Crippen molar-refractivity contribution >= 4 is 55.2 Å². The van der Waals surface area contributed by atoms with Crippen molar-refractivity contribution in [2.24, 2.45) is 0 Å². The number of hydrogen-bond acceptors (Lipinski definition) is 7. The lowest BCUT2D eigenvalue weighted by Gasteiger charge is -2.00. The van der Waals surface area contributed by atoms with Gasteiger partial charge in [-0.3, -0.25) is 24.6 Å². The van der Waals surface area contributed by atoms with Crippen LogP contribution in [0.25, 0.3) is 0 Å². The van der Waals surface area contributed by atoms with E-state index in [1.165, 1.54) is 31.4 Å². The standard InChI is InChI=1S/C8H6BrNO4.C7H4BrNO4.CH3F/c1-14-8(11)6-3-2-5(9)4-7(6)10(12)13;8-4-1-2-5(7(10)11)6(3-4)9(12)13;1-2/h2-4H,1H3;1-3H,(H,10,11);1H3/i;;1D. The summed E-state index contributed by atoms with van der Waals surface area (Å²) in [6.07, 6.45) is 0. The third-order valence-electron chi connectivity index (χ3n) is 2.95. The molecule has 0 saturated heterocycles. The number of methoxy groups -OCH3 is 1. The first-order valence-corrected chi connectivity index (χ1v) is 8.63. The molecular weight excluding hydrogens is 527 g/mol. The first-order valence-electron chi connectivity index (χ1n) is 7.75.